The standard InChI is InChI=1S/C20H31BrN4O3.C20H26Cl2N6O.C10H13BCl2N2O4.C10H11Cl2IN2O2/c1-13-16(21)23-14(12-26)17(22-13)25-10-8-20(9-11-25)7-5-6-15(20)24-18(27)28-19(2,3)4;1-11-17(12-9-15(24)27-18(22)16(12)21)26-13(10-29)19(25-11)28-7-5-20(6-8-28)4-2-3-14(20)23;1-10(2,3)19-9(16)15-6-4-5(11(17)18)7(12)8(13)14-6;1-10(2,3)17-9(16)15-6-4-5(13)7(11)8(12)14-6/h15,26H,5-12H2,1-4H3,(H,24,27);9,14,29H,2-8,10,23H2,1H3,(H2,24,27);4,17-18H,1-3H3,(H,14,15,16);4H,1-3H3,(H,14,15,16)/t15-;14-;;/m11../s1. The predicted octanol–water partition coefficient (Wildman–Crippen LogP) is 12.8. The first-order valence-corrected chi connectivity index (χ1v) is 34.1. The van der Waals surface area contributed by atoms with E-state index in [4.69, 9.17) is 110 Å². The Morgan fingerprint density at radius 1 is 0.634 bits per heavy atom. The van der Waals surface area contributed by atoms with Gasteiger partial charge in [-0.1, -0.05) is 82.4 Å². The first kappa shape index (κ1) is 77.6. The molecular weight excluding hydrogens is 1510 g/mol. The smallest absolute Gasteiger partial charge is 0.444 e. The van der Waals surface area contributed by atoms with E-state index in [0.29, 0.717) is 53.4 Å². The second-order valence-electron chi connectivity index (χ2n) is 26.0. The largest absolute Gasteiger partial charge is 0.490 e. The molecule has 3 amide bonds. The molecule has 4 fully saturated rings. The molecule has 0 unspecified atom stereocenters. The first-order chi connectivity index (χ1) is 43.3. The Bertz CT molecular complexity index is 3460. The number of hydrogen-bond acceptors (Lipinski definition) is 21. The Morgan fingerprint density at radius 2 is 1.09 bits per heavy atom. The third-order valence-corrected chi connectivity index (χ3v) is 19.9. The van der Waals surface area contributed by atoms with E-state index < -0.39 is 36.1 Å². The molecule has 0 radical (unpaired) electrons. The summed E-state index contributed by atoms with van der Waals surface area (Å²) in [4.78, 5) is 69.9. The number of nitrogens with zero attached hydrogens (tertiary/aromatic N) is 9. The number of nitrogens with two attached hydrogens (primary N) is 2. The molecule has 2 saturated heterocycles. The van der Waals surface area contributed by atoms with Crippen LogP contribution in [0.15, 0.2) is 22.8 Å². The van der Waals surface area contributed by atoms with Crippen LogP contribution >= 0.6 is 108 Å². The van der Waals surface area contributed by atoms with Gasteiger partial charge in [-0.2, -0.15) is 0 Å². The van der Waals surface area contributed by atoms with Crippen molar-refractivity contribution < 1.29 is 48.9 Å². The Hall–Kier alpha value is -4.37. The van der Waals surface area contributed by atoms with Crippen LogP contribution in [0.2, 0.25) is 30.5 Å². The third-order valence-electron chi connectivity index (χ3n) is 15.7. The lowest BCUT2D eigenvalue weighted by Crippen LogP contribution is -2.51. The number of anilines is 5. The molecule has 2 aliphatic carbocycles. The van der Waals surface area contributed by atoms with E-state index >= 15 is 0 Å². The fourth-order valence-electron chi connectivity index (χ4n) is 11.4. The Labute approximate surface area is 594 Å². The van der Waals surface area contributed by atoms with Crippen molar-refractivity contribution in [3.8, 4) is 11.3 Å². The van der Waals surface area contributed by atoms with Crippen LogP contribution in [0.4, 0.5) is 43.5 Å². The van der Waals surface area contributed by atoms with Crippen LogP contribution in [0, 0.1) is 28.2 Å². The van der Waals surface area contributed by atoms with Crippen LogP contribution in [0.1, 0.15) is 149 Å². The molecule has 9 rings (SSSR count). The van der Waals surface area contributed by atoms with Crippen LogP contribution in [0.5, 0.6) is 0 Å². The van der Waals surface area contributed by atoms with Gasteiger partial charge in [0.25, 0.3) is 0 Å². The highest BCUT2D eigenvalue weighted by Crippen LogP contribution is 2.48. The number of amides is 3. The van der Waals surface area contributed by atoms with Crippen molar-refractivity contribution in [2.75, 3.05) is 52.3 Å². The Balaban J connectivity index is 0.000000202. The summed E-state index contributed by atoms with van der Waals surface area (Å²) in [6.45, 7) is 22.9. The van der Waals surface area contributed by atoms with Crippen molar-refractivity contribution in [3.63, 3.8) is 0 Å². The molecule has 0 bridgehead atoms. The van der Waals surface area contributed by atoms with Crippen molar-refractivity contribution in [2.24, 2.45) is 16.6 Å². The normalized spacial score (nSPS) is 17.5. The summed E-state index contributed by atoms with van der Waals surface area (Å²) in [6, 6.07) is 4.88. The van der Waals surface area contributed by atoms with Gasteiger partial charge in [0, 0.05) is 52.9 Å². The number of aryl methyl sites for hydroxylation is 2. The van der Waals surface area contributed by atoms with Gasteiger partial charge in [0.05, 0.1) is 45.4 Å². The number of piperidine rings is 2. The van der Waals surface area contributed by atoms with Crippen LogP contribution in [0.3, 0.4) is 0 Å². The average Bonchev–Trinajstić information content (AvgIpc) is 1.77. The van der Waals surface area contributed by atoms with E-state index in [0.717, 1.165) is 94.9 Å². The predicted molar refractivity (Wildman–Crippen MR) is 378 cm³/mol. The molecule has 4 aliphatic rings. The van der Waals surface area contributed by atoms with E-state index in [2.05, 4.69) is 71.6 Å². The van der Waals surface area contributed by atoms with Crippen LogP contribution in [-0.4, -0.2) is 136 Å². The van der Waals surface area contributed by atoms with Gasteiger partial charge in [0.2, 0.25) is 0 Å². The molecule has 2 aliphatic heterocycles. The summed E-state index contributed by atoms with van der Waals surface area (Å²) < 4.78 is 16.9. The van der Waals surface area contributed by atoms with E-state index in [9.17, 15) is 24.6 Å². The quantitative estimate of drug-likeness (QED) is 0.0286. The average molecular weight is 1590 g/mol. The number of hydrogen-bond donors (Lipinski definition) is 9. The molecule has 510 valence electrons. The maximum atomic E-state index is 12.3. The van der Waals surface area contributed by atoms with Gasteiger partial charge in [0.1, 0.15) is 55.4 Å². The van der Waals surface area contributed by atoms with E-state index in [1.54, 1.807) is 53.7 Å². The number of aromatic nitrogens is 7. The summed E-state index contributed by atoms with van der Waals surface area (Å²) >= 11 is 40.9. The fraction of sp³-hybridized carbons (Fsp3) is 0.567. The molecule has 24 nitrogen and oxygen atoms in total. The van der Waals surface area contributed by atoms with Gasteiger partial charge in [-0.3, -0.25) is 10.6 Å². The number of carbonyl (C=O) groups is 3. The van der Waals surface area contributed by atoms with Gasteiger partial charge >= 0.3 is 25.4 Å². The van der Waals surface area contributed by atoms with Crippen LogP contribution in [-0.2, 0) is 27.4 Å². The maximum Gasteiger partial charge on any atom is 0.490 e. The number of pyridine rings is 3. The number of alkyl carbamates (subject to hydrolysis) is 1. The fourth-order valence-corrected chi connectivity index (χ4v) is 13.5. The number of halogens is 8. The number of aliphatic hydroxyl groups excluding tert-OH is 2. The first-order valence-electron chi connectivity index (χ1n) is 30.0. The second-order valence-corrected chi connectivity index (χ2v) is 30.1. The summed E-state index contributed by atoms with van der Waals surface area (Å²) in [5.74, 6) is 2.05. The molecule has 7 heterocycles. The molecule has 5 aromatic heterocycles. The number of carbonyl (C=O) groups excluding carboxylic acids is 3. The van der Waals surface area contributed by atoms with Crippen molar-refractivity contribution in [3.05, 3.63) is 79.7 Å². The zero-order valence-corrected chi connectivity index (χ0v) is 62.0. The number of ether oxygens (including phenoxy) is 3. The summed E-state index contributed by atoms with van der Waals surface area (Å²) in [7, 11) is -1.83. The molecule has 33 heteroatoms. The highest BCUT2D eigenvalue weighted by molar-refractivity contribution is 14.1. The van der Waals surface area contributed by atoms with Gasteiger partial charge < -0.3 is 61.1 Å². The molecule has 2 atom stereocenters. The highest BCUT2D eigenvalue weighted by atomic mass is 127. The maximum absolute atomic E-state index is 12.3. The second kappa shape index (κ2) is 32.8. The lowest BCUT2D eigenvalue weighted by atomic mass is 9.74. The minimum absolute atomic E-state index is 0.00625. The van der Waals surface area contributed by atoms with Crippen molar-refractivity contribution in [1.82, 2.24) is 40.2 Å². The van der Waals surface area contributed by atoms with Gasteiger partial charge in [-0.25, -0.2) is 49.3 Å². The molecular formula is C60H81BBrCl6IN14O10. The monoisotopic (exact) mass is 1580 g/mol. The third kappa shape index (κ3) is 21.6. The summed E-state index contributed by atoms with van der Waals surface area (Å²) in [6.07, 6.45) is 9.20. The summed E-state index contributed by atoms with van der Waals surface area (Å²) in [5.41, 5.74) is 14.6. The number of rotatable bonds is 9. The minimum atomic E-state index is -1.83. The summed E-state index contributed by atoms with van der Waals surface area (Å²) in [5, 5.41) is 46.5. The zero-order valence-electron chi connectivity index (χ0n) is 53.7. The number of nitrogens with one attached hydrogen (secondary N) is 3. The van der Waals surface area contributed by atoms with Gasteiger partial charge in [-0.05, 0) is 195 Å². The molecule has 2 spiro atoms. The molecule has 0 aromatic carbocycles. The van der Waals surface area contributed by atoms with Crippen molar-refractivity contribution in [2.45, 2.75) is 182 Å². The molecule has 93 heavy (non-hydrogen) atoms. The SMILES string of the molecule is CC(C)(C)OC(=O)Nc1cc(B(O)O)c(Cl)c(Cl)n1.CC(C)(C)OC(=O)Nc1cc(I)c(Cl)c(Cl)n1.Cc1nc(N2CCC3(CCC[C@H]3N)CC2)c(CO)nc1-c1cc(N)nc(Cl)c1Cl.Cc1nc(N2CCC3(CCC[C@H]3NC(=O)OC(C)(C)C)CC2)c(CO)nc1Br. The van der Waals surface area contributed by atoms with E-state index in [1.165, 1.54) is 18.9 Å². The Kier molecular flexibility index (Phi) is 27.4. The number of nitrogen functional groups attached to an aromatic ring is 1. The van der Waals surface area contributed by atoms with Crippen molar-refractivity contribution >= 4 is 168 Å². The highest BCUT2D eigenvalue weighted by Gasteiger charge is 2.47. The lowest BCUT2D eigenvalue weighted by Gasteiger charge is -2.44. The van der Waals surface area contributed by atoms with Gasteiger partial charge in [0.15, 0.2) is 21.9 Å². The van der Waals surface area contributed by atoms with Gasteiger partial charge in [-0.15, -0.1) is 0 Å². The molecule has 5 aromatic rings. The van der Waals surface area contributed by atoms with E-state index in [1.807, 2.05) is 57.2 Å². The minimum Gasteiger partial charge on any atom is -0.444 e. The van der Waals surface area contributed by atoms with Crippen molar-refractivity contribution in [1.29, 1.82) is 0 Å². The zero-order chi connectivity index (χ0) is 69.3. The topological polar surface area (TPSA) is 345 Å². The van der Waals surface area contributed by atoms with E-state index in [-0.39, 0.29) is 78.8 Å². The Morgan fingerprint density at radius 3 is 1.57 bits per heavy atom. The number of aliphatic hydroxyl groups is 2. The molecule has 2 saturated carbocycles. The lowest BCUT2D eigenvalue weighted by molar-refractivity contribution is 0.0440. The van der Waals surface area contributed by atoms with Crippen LogP contribution in [0.25, 0.3) is 11.3 Å². The van der Waals surface area contributed by atoms with Crippen LogP contribution < -0.4 is 42.7 Å². The molecule has 11 N–H and O–H groups in total.